The molecule has 0 bridgehead atoms. The van der Waals surface area contributed by atoms with Gasteiger partial charge < -0.3 is 23.6 Å². The lowest BCUT2D eigenvalue weighted by Gasteiger charge is -2.13. The van der Waals surface area contributed by atoms with Crippen LogP contribution in [0.2, 0.25) is 0 Å². The Morgan fingerprint density at radius 1 is 0.926 bits per heavy atom. The van der Waals surface area contributed by atoms with E-state index in [9.17, 15) is 0 Å². The van der Waals surface area contributed by atoms with Crippen molar-refractivity contribution in [2.75, 3.05) is 21.3 Å². The van der Waals surface area contributed by atoms with Crippen LogP contribution in [0.5, 0.6) is 17.2 Å². The summed E-state index contributed by atoms with van der Waals surface area (Å²) >= 11 is 1.63. The fourth-order valence-electron chi connectivity index (χ4n) is 3.02. The lowest BCUT2D eigenvalue weighted by Crippen LogP contribution is -1.95. The van der Waals surface area contributed by atoms with E-state index < -0.39 is 0 Å². The van der Waals surface area contributed by atoms with E-state index in [1.54, 1.807) is 39.4 Å². The average molecular weight is 381 g/mol. The number of H-pyrrole nitrogens is 1. The summed E-state index contributed by atoms with van der Waals surface area (Å²) < 4.78 is 21.8. The van der Waals surface area contributed by atoms with Crippen molar-refractivity contribution in [1.29, 1.82) is 0 Å². The lowest BCUT2D eigenvalue weighted by atomic mass is 10.1. The molecule has 0 fully saturated rings. The first-order chi connectivity index (χ1) is 13.2. The molecule has 0 saturated carbocycles. The topological polar surface area (TPSA) is 56.6 Å². The third kappa shape index (κ3) is 3.24. The number of methoxy groups -OCH3 is 3. The molecule has 0 radical (unpaired) electrons. The van der Waals surface area contributed by atoms with Crippen molar-refractivity contribution in [2.45, 2.75) is 9.79 Å². The van der Waals surface area contributed by atoms with E-state index in [4.69, 9.17) is 18.6 Å². The molecule has 27 heavy (non-hydrogen) atoms. The van der Waals surface area contributed by atoms with Crippen LogP contribution in [-0.2, 0) is 0 Å². The molecular weight excluding hydrogens is 362 g/mol. The molecule has 0 aliphatic rings. The number of aromatic nitrogens is 1. The summed E-state index contributed by atoms with van der Waals surface area (Å²) in [6, 6.07) is 14.0. The zero-order chi connectivity index (χ0) is 18.8. The van der Waals surface area contributed by atoms with E-state index >= 15 is 0 Å². The van der Waals surface area contributed by atoms with Crippen molar-refractivity contribution in [3.05, 3.63) is 54.9 Å². The molecule has 2 heterocycles. The second-order valence-electron chi connectivity index (χ2n) is 5.85. The van der Waals surface area contributed by atoms with Crippen LogP contribution in [0, 0.1) is 0 Å². The molecule has 138 valence electrons. The molecule has 5 nitrogen and oxygen atoms in total. The lowest BCUT2D eigenvalue weighted by molar-refractivity contribution is 0.323. The van der Waals surface area contributed by atoms with Gasteiger partial charge in [-0.25, -0.2) is 0 Å². The summed E-state index contributed by atoms with van der Waals surface area (Å²) in [5, 5.41) is 1.13. The third-order valence-electron chi connectivity index (χ3n) is 4.32. The van der Waals surface area contributed by atoms with E-state index in [1.165, 1.54) is 0 Å². The smallest absolute Gasteiger partial charge is 0.203 e. The predicted octanol–water partition coefficient (Wildman–Crippen LogP) is 5.60. The highest BCUT2D eigenvalue weighted by Crippen LogP contribution is 2.44. The molecule has 0 saturated heterocycles. The van der Waals surface area contributed by atoms with Gasteiger partial charge in [0.1, 0.15) is 5.76 Å². The summed E-state index contributed by atoms with van der Waals surface area (Å²) in [5.74, 6) is 2.70. The second-order valence-corrected chi connectivity index (χ2v) is 6.97. The Labute approximate surface area is 161 Å². The highest BCUT2D eigenvalue weighted by molar-refractivity contribution is 7.99. The van der Waals surface area contributed by atoms with Gasteiger partial charge >= 0.3 is 0 Å². The molecule has 0 unspecified atom stereocenters. The minimum atomic E-state index is 0.586. The monoisotopic (exact) mass is 381 g/mol. The predicted molar refractivity (Wildman–Crippen MR) is 106 cm³/mol. The van der Waals surface area contributed by atoms with E-state index in [0.717, 1.165) is 32.0 Å². The number of fused-ring (bicyclic) bond motifs is 1. The Hall–Kier alpha value is -2.99. The molecule has 6 heteroatoms. The van der Waals surface area contributed by atoms with Crippen LogP contribution in [0.15, 0.2) is 69.1 Å². The van der Waals surface area contributed by atoms with E-state index in [1.807, 2.05) is 36.5 Å². The number of furan rings is 1. The van der Waals surface area contributed by atoms with Crippen molar-refractivity contribution in [3.63, 3.8) is 0 Å². The minimum Gasteiger partial charge on any atom is -0.493 e. The SMILES string of the molecule is COc1cc(Sc2c[nH]c3ccc(-c4ccco4)cc23)cc(OC)c1OC. The summed E-state index contributed by atoms with van der Waals surface area (Å²) in [4.78, 5) is 5.42. The largest absolute Gasteiger partial charge is 0.493 e. The maximum absolute atomic E-state index is 5.53. The number of rotatable bonds is 6. The van der Waals surface area contributed by atoms with Crippen molar-refractivity contribution in [2.24, 2.45) is 0 Å². The number of ether oxygens (including phenoxy) is 3. The fourth-order valence-corrected chi connectivity index (χ4v) is 4.00. The van der Waals surface area contributed by atoms with Gasteiger partial charge in [-0.1, -0.05) is 11.8 Å². The van der Waals surface area contributed by atoms with E-state index in [-0.39, 0.29) is 0 Å². The van der Waals surface area contributed by atoms with E-state index in [2.05, 4.69) is 17.1 Å². The van der Waals surface area contributed by atoms with Crippen molar-refractivity contribution in [1.82, 2.24) is 4.98 Å². The molecule has 4 rings (SSSR count). The van der Waals surface area contributed by atoms with Crippen LogP contribution in [0.1, 0.15) is 0 Å². The minimum absolute atomic E-state index is 0.586. The Morgan fingerprint density at radius 3 is 2.33 bits per heavy atom. The fraction of sp³-hybridized carbons (Fsp3) is 0.143. The molecule has 4 aromatic rings. The van der Waals surface area contributed by atoms with Gasteiger partial charge in [-0.2, -0.15) is 0 Å². The van der Waals surface area contributed by atoms with Crippen LogP contribution in [0.3, 0.4) is 0 Å². The molecule has 2 aromatic heterocycles. The molecule has 1 N–H and O–H groups in total. The number of hydrogen-bond acceptors (Lipinski definition) is 5. The first-order valence-electron chi connectivity index (χ1n) is 8.36. The van der Waals surface area contributed by atoms with Crippen LogP contribution < -0.4 is 14.2 Å². The Kier molecular flexibility index (Phi) is 4.73. The summed E-state index contributed by atoms with van der Waals surface area (Å²) in [6.07, 6.45) is 3.69. The number of benzene rings is 2. The maximum atomic E-state index is 5.53. The summed E-state index contributed by atoms with van der Waals surface area (Å²) in [7, 11) is 4.84. The maximum Gasteiger partial charge on any atom is 0.203 e. The second kappa shape index (κ2) is 7.32. The zero-order valence-electron chi connectivity index (χ0n) is 15.2. The Balaban J connectivity index is 1.74. The molecule has 0 atom stereocenters. The van der Waals surface area contributed by atoms with E-state index in [0.29, 0.717) is 17.2 Å². The molecule has 0 spiro atoms. The average Bonchev–Trinajstić information content (AvgIpc) is 3.37. The van der Waals surface area contributed by atoms with Gasteiger partial charge in [0.25, 0.3) is 0 Å². The molecule has 2 aromatic carbocycles. The molecule has 0 amide bonds. The highest BCUT2D eigenvalue weighted by atomic mass is 32.2. The molecule has 0 aliphatic carbocycles. The Morgan fingerprint density at radius 2 is 1.70 bits per heavy atom. The van der Waals surface area contributed by atoms with Crippen LogP contribution >= 0.6 is 11.8 Å². The first kappa shape index (κ1) is 17.4. The van der Waals surface area contributed by atoms with Gasteiger partial charge in [-0.3, -0.25) is 0 Å². The van der Waals surface area contributed by atoms with Crippen LogP contribution in [0.4, 0.5) is 0 Å². The van der Waals surface area contributed by atoms with Crippen molar-refractivity contribution < 1.29 is 18.6 Å². The van der Waals surface area contributed by atoms with Gasteiger partial charge in [0, 0.05) is 32.5 Å². The summed E-state index contributed by atoms with van der Waals surface area (Å²) in [5.41, 5.74) is 2.11. The van der Waals surface area contributed by atoms with Gasteiger partial charge in [-0.15, -0.1) is 0 Å². The Bertz CT molecular complexity index is 1040. The third-order valence-corrected chi connectivity index (χ3v) is 5.34. The first-order valence-corrected chi connectivity index (χ1v) is 9.18. The molecule has 0 aliphatic heterocycles. The highest BCUT2D eigenvalue weighted by Gasteiger charge is 2.15. The van der Waals surface area contributed by atoms with Gasteiger partial charge in [0.05, 0.1) is 27.6 Å². The van der Waals surface area contributed by atoms with Crippen molar-refractivity contribution in [3.8, 4) is 28.6 Å². The van der Waals surface area contributed by atoms with Gasteiger partial charge in [0.15, 0.2) is 11.5 Å². The van der Waals surface area contributed by atoms with Crippen LogP contribution in [0.25, 0.3) is 22.2 Å². The van der Waals surface area contributed by atoms with Crippen LogP contribution in [-0.4, -0.2) is 26.3 Å². The number of hydrogen-bond donors (Lipinski definition) is 1. The summed E-state index contributed by atoms with van der Waals surface area (Å²) in [6.45, 7) is 0. The standard InChI is InChI=1S/C21H19NO4S/c1-23-18-10-14(11-19(24-2)21(18)25-3)27-20-12-22-16-7-6-13(9-15(16)20)17-5-4-8-26-17/h4-12,22H,1-3H3. The number of aromatic amines is 1. The van der Waals surface area contributed by atoms with Gasteiger partial charge in [-0.05, 0) is 42.5 Å². The van der Waals surface area contributed by atoms with Gasteiger partial charge in [0.2, 0.25) is 5.75 Å². The normalized spacial score (nSPS) is 10.9. The quantitative estimate of drug-likeness (QED) is 0.471. The zero-order valence-corrected chi connectivity index (χ0v) is 16.1. The van der Waals surface area contributed by atoms with Crippen molar-refractivity contribution >= 4 is 22.7 Å². The number of nitrogens with one attached hydrogen (secondary N) is 1. The molecular formula is C21H19NO4S.